The highest BCUT2D eigenvalue weighted by atomic mass is 16.3. The average Bonchev–Trinajstić information content (AvgIpc) is 3.45. The first-order valence-corrected chi connectivity index (χ1v) is 10.3. The maximum absolute atomic E-state index is 13.0. The molecule has 1 aromatic carbocycles. The van der Waals surface area contributed by atoms with Crippen molar-refractivity contribution in [1.29, 1.82) is 0 Å². The number of amides is 2. The van der Waals surface area contributed by atoms with Gasteiger partial charge in [0.2, 0.25) is 11.8 Å². The second-order valence-corrected chi connectivity index (χ2v) is 8.28. The minimum Gasteiger partial charge on any atom is -0.469 e. The standard InChI is InChI=1S/C23H25N3O3/c27-21-7-10-23(25-21,14-16-4-3-13-29-16)11-8-22(28)26-12-9-18-17-5-1-2-6-19(17)24-20(18)15-26/h1-6,13,24H,7-12,14-15H2,(H,25,27). The van der Waals surface area contributed by atoms with Crippen LogP contribution in [0.15, 0.2) is 47.1 Å². The van der Waals surface area contributed by atoms with Gasteiger partial charge in [-0.15, -0.1) is 0 Å². The van der Waals surface area contributed by atoms with Crippen molar-refractivity contribution >= 4 is 22.7 Å². The van der Waals surface area contributed by atoms with E-state index in [1.165, 1.54) is 10.9 Å². The SMILES string of the molecule is O=C1CCC(CCC(=O)N2CCc3c([nH]c4ccccc34)C2)(Cc2ccco2)N1. The molecule has 0 saturated carbocycles. The number of rotatable bonds is 5. The van der Waals surface area contributed by atoms with Gasteiger partial charge in [0.05, 0.1) is 12.8 Å². The molecule has 3 aromatic rings. The summed E-state index contributed by atoms with van der Waals surface area (Å²) >= 11 is 0. The number of nitrogens with one attached hydrogen (secondary N) is 2. The molecule has 6 nitrogen and oxygen atoms in total. The van der Waals surface area contributed by atoms with Crippen molar-refractivity contribution in [2.75, 3.05) is 6.54 Å². The van der Waals surface area contributed by atoms with E-state index in [4.69, 9.17) is 4.42 Å². The van der Waals surface area contributed by atoms with E-state index >= 15 is 0 Å². The van der Waals surface area contributed by atoms with Crippen LogP contribution in [-0.4, -0.2) is 33.8 Å². The molecule has 2 aliphatic heterocycles. The minimum atomic E-state index is -0.382. The number of hydrogen-bond donors (Lipinski definition) is 2. The number of aromatic nitrogens is 1. The third-order valence-electron chi connectivity index (χ3n) is 6.38. The van der Waals surface area contributed by atoms with Gasteiger partial charge in [0.1, 0.15) is 5.76 Å². The zero-order valence-corrected chi connectivity index (χ0v) is 16.4. The van der Waals surface area contributed by atoms with E-state index in [2.05, 4.69) is 28.5 Å². The highest BCUT2D eigenvalue weighted by Gasteiger charge is 2.39. The molecule has 1 fully saturated rings. The van der Waals surface area contributed by atoms with Crippen molar-refractivity contribution in [2.24, 2.45) is 0 Å². The van der Waals surface area contributed by atoms with Crippen molar-refractivity contribution in [3.8, 4) is 0 Å². The Morgan fingerprint density at radius 1 is 1.17 bits per heavy atom. The topological polar surface area (TPSA) is 78.3 Å². The fourth-order valence-corrected chi connectivity index (χ4v) is 4.84. The lowest BCUT2D eigenvalue weighted by Gasteiger charge is -2.31. The summed E-state index contributed by atoms with van der Waals surface area (Å²) in [7, 11) is 0. The molecule has 2 aromatic heterocycles. The first kappa shape index (κ1) is 18.0. The number of fused-ring (bicyclic) bond motifs is 3. The van der Waals surface area contributed by atoms with Gasteiger partial charge in [-0.25, -0.2) is 0 Å². The molecule has 2 N–H and O–H groups in total. The fraction of sp³-hybridized carbons (Fsp3) is 0.391. The highest BCUT2D eigenvalue weighted by Crippen LogP contribution is 2.31. The van der Waals surface area contributed by atoms with Crippen molar-refractivity contribution in [2.45, 2.75) is 50.6 Å². The van der Waals surface area contributed by atoms with Crippen LogP contribution in [0.2, 0.25) is 0 Å². The van der Waals surface area contributed by atoms with Gasteiger partial charge in [-0.05, 0) is 43.0 Å². The smallest absolute Gasteiger partial charge is 0.223 e. The van der Waals surface area contributed by atoms with E-state index in [0.29, 0.717) is 32.2 Å². The Labute approximate surface area is 169 Å². The molecule has 0 radical (unpaired) electrons. The number of carbonyl (C=O) groups excluding carboxylic acids is 2. The van der Waals surface area contributed by atoms with Crippen LogP contribution < -0.4 is 5.32 Å². The van der Waals surface area contributed by atoms with Gasteiger partial charge in [0.15, 0.2) is 0 Å². The Hall–Kier alpha value is -3.02. The van der Waals surface area contributed by atoms with Crippen molar-refractivity contribution in [3.05, 3.63) is 59.7 Å². The van der Waals surface area contributed by atoms with Crippen molar-refractivity contribution in [3.63, 3.8) is 0 Å². The summed E-state index contributed by atoms with van der Waals surface area (Å²) in [5.74, 6) is 1.05. The quantitative estimate of drug-likeness (QED) is 0.700. The Kier molecular flexibility index (Phi) is 4.42. The molecule has 5 rings (SSSR count). The van der Waals surface area contributed by atoms with E-state index in [9.17, 15) is 9.59 Å². The molecular weight excluding hydrogens is 366 g/mol. The van der Waals surface area contributed by atoms with E-state index in [-0.39, 0.29) is 17.4 Å². The molecule has 4 heterocycles. The Morgan fingerprint density at radius 2 is 2.07 bits per heavy atom. The summed E-state index contributed by atoms with van der Waals surface area (Å²) < 4.78 is 5.50. The van der Waals surface area contributed by atoms with Gasteiger partial charge in [0, 0.05) is 47.9 Å². The molecule has 2 aliphatic rings. The van der Waals surface area contributed by atoms with Crippen LogP contribution in [0.3, 0.4) is 0 Å². The molecule has 6 heteroatoms. The molecule has 0 spiro atoms. The van der Waals surface area contributed by atoms with E-state index < -0.39 is 0 Å². The lowest BCUT2D eigenvalue weighted by atomic mass is 9.86. The number of H-pyrrole nitrogens is 1. The second kappa shape index (κ2) is 7.10. The zero-order chi connectivity index (χ0) is 19.8. The summed E-state index contributed by atoms with van der Waals surface area (Å²) in [5, 5.41) is 4.39. The van der Waals surface area contributed by atoms with Crippen LogP contribution in [0.5, 0.6) is 0 Å². The maximum atomic E-state index is 13.0. The molecule has 150 valence electrons. The van der Waals surface area contributed by atoms with Crippen LogP contribution in [0.25, 0.3) is 10.9 Å². The maximum Gasteiger partial charge on any atom is 0.223 e. The van der Waals surface area contributed by atoms with Gasteiger partial charge in [-0.3, -0.25) is 9.59 Å². The monoisotopic (exact) mass is 391 g/mol. The minimum absolute atomic E-state index is 0.0599. The zero-order valence-electron chi connectivity index (χ0n) is 16.4. The fourth-order valence-electron chi connectivity index (χ4n) is 4.84. The van der Waals surface area contributed by atoms with E-state index in [1.807, 2.05) is 23.1 Å². The molecule has 1 saturated heterocycles. The number of furan rings is 1. The largest absolute Gasteiger partial charge is 0.469 e. The molecular formula is C23H25N3O3. The van der Waals surface area contributed by atoms with Crippen molar-refractivity contribution in [1.82, 2.24) is 15.2 Å². The van der Waals surface area contributed by atoms with Gasteiger partial charge < -0.3 is 19.6 Å². The van der Waals surface area contributed by atoms with Crippen molar-refractivity contribution < 1.29 is 14.0 Å². The predicted molar refractivity (Wildman–Crippen MR) is 109 cm³/mol. The Bertz CT molecular complexity index is 1050. The predicted octanol–water partition coefficient (Wildman–Crippen LogP) is 3.32. The molecule has 0 aliphatic carbocycles. The second-order valence-electron chi connectivity index (χ2n) is 8.28. The third kappa shape index (κ3) is 3.43. The molecule has 1 unspecified atom stereocenters. The number of aromatic amines is 1. The van der Waals surface area contributed by atoms with E-state index in [1.54, 1.807) is 6.26 Å². The van der Waals surface area contributed by atoms with Gasteiger partial charge in [-0.1, -0.05) is 18.2 Å². The Morgan fingerprint density at radius 3 is 2.86 bits per heavy atom. The van der Waals surface area contributed by atoms with Crippen LogP contribution >= 0.6 is 0 Å². The highest BCUT2D eigenvalue weighted by molar-refractivity contribution is 5.86. The van der Waals surface area contributed by atoms with Crippen LogP contribution in [0, 0.1) is 0 Å². The summed E-state index contributed by atoms with van der Waals surface area (Å²) in [6.45, 7) is 1.37. The summed E-state index contributed by atoms with van der Waals surface area (Å²) in [4.78, 5) is 30.3. The number of para-hydroxylation sites is 1. The van der Waals surface area contributed by atoms with Gasteiger partial charge in [0.25, 0.3) is 0 Å². The van der Waals surface area contributed by atoms with Crippen LogP contribution in [0.4, 0.5) is 0 Å². The number of benzene rings is 1. The molecule has 29 heavy (non-hydrogen) atoms. The van der Waals surface area contributed by atoms with Gasteiger partial charge >= 0.3 is 0 Å². The van der Waals surface area contributed by atoms with Gasteiger partial charge in [-0.2, -0.15) is 0 Å². The number of nitrogens with zero attached hydrogens (tertiary/aromatic N) is 1. The van der Waals surface area contributed by atoms with Crippen LogP contribution in [-0.2, 0) is 29.0 Å². The number of hydrogen-bond acceptors (Lipinski definition) is 3. The molecule has 1 atom stereocenters. The summed E-state index contributed by atoms with van der Waals surface area (Å²) in [6, 6.07) is 12.1. The lowest BCUT2D eigenvalue weighted by Crippen LogP contribution is -2.45. The molecule has 0 bridgehead atoms. The lowest BCUT2D eigenvalue weighted by molar-refractivity contribution is -0.132. The Balaban J connectivity index is 1.27. The average molecular weight is 391 g/mol. The first-order chi connectivity index (χ1) is 14.1. The first-order valence-electron chi connectivity index (χ1n) is 10.3. The van der Waals surface area contributed by atoms with E-state index in [0.717, 1.165) is 36.4 Å². The summed E-state index contributed by atoms with van der Waals surface area (Å²) in [6.07, 6.45) is 5.47. The third-order valence-corrected chi connectivity index (χ3v) is 6.38. The summed E-state index contributed by atoms with van der Waals surface area (Å²) in [5.41, 5.74) is 3.23. The normalized spacial score (nSPS) is 21.4. The van der Waals surface area contributed by atoms with Crippen LogP contribution in [0.1, 0.15) is 42.7 Å². The molecule has 2 amide bonds. The number of carbonyl (C=O) groups is 2.